The standard InChI is InChI=1S/C13H12ClF2N3/c1-7-12(16)13(17-2)19-11(18-7)5-8-3-4-9(15)6-10(8)14/h3-4,6H,5H2,1-2H3,(H,17,18,19). The van der Waals surface area contributed by atoms with Gasteiger partial charge in [0.05, 0.1) is 5.69 Å². The van der Waals surface area contributed by atoms with Gasteiger partial charge in [0.15, 0.2) is 11.6 Å². The van der Waals surface area contributed by atoms with E-state index in [-0.39, 0.29) is 11.5 Å². The van der Waals surface area contributed by atoms with Crippen molar-refractivity contribution in [2.24, 2.45) is 0 Å². The molecule has 0 bridgehead atoms. The Morgan fingerprint density at radius 3 is 2.63 bits per heavy atom. The Hall–Kier alpha value is -1.75. The van der Waals surface area contributed by atoms with Crippen LogP contribution >= 0.6 is 11.6 Å². The molecule has 0 spiro atoms. The molecule has 2 rings (SSSR count). The summed E-state index contributed by atoms with van der Waals surface area (Å²) in [5.41, 5.74) is 0.948. The number of hydrogen-bond acceptors (Lipinski definition) is 3. The van der Waals surface area contributed by atoms with E-state index in [9.17, 15) is 8.78 Å². The Bertz CT molecular complexity index is 617. The van der Waals surface area contributed by atoms with Gasteiger partial charge in [-0.15, -0.1) is 0 Å². The predicted molar refractivity (Wildman–Crippen MR) is 70.5 cm³/mol. The Kier molecular flexibility index (Phi) is 3.95. The highest BCUT2D eigenvalue weighted by Crippen LogP contribution is 2.21. The summed E-state index contributed by atoms with van der Waals surface area (Å²) in [4.78, 5) is 8.12. The zero-order chi connectivity index (χ0) is 14.0. The largest absolute Gasteiger partial charge is 0.371 e. The topological polar surface area (TPSA) is 37.8 Å². The van der Waals surface area contributed by atoms with Crippen LogP contribution in [0.15, 0.2) is 18.2 Å². The Labute approximate surface area is 114 Å². The number of anilines is 1. The third kappa shape index (κ3) is 2.98. The lowest BCUT2D eigenvalue weighted by Gasteiger charge is -2.08. The van der Waals surface area contributed by atoms with Gasteiger partial charge in [-0.1, -0.05) is 17.7 Å². The molecule has 2 aromatic rings. The number of aromatic nitrogens is 2. The number of halogens is 3. The second-order valence-corrected chi connectivity index (χ2v) is 4.46. The Morgan fingerprint density at radius 2 is 2.00 bits per heavy atom. The van der Waals surface area contributed by atoms with E-state index >= 15 is 0 Å². The summed E-state index contributed by atoms with van der Waals surface area (Å²) in [6.45, 7) is 1.56. The summed E-state index contributed by atoms with van der Waals surface area (Å²) in [7, 11) is 1.58. The first kappa shape index (κ1) is 13.7. The van der Waals surface area contributed by atoms with Crippen LogP contribution in [0.25, 0.3) is 0 Å². The van der Waals surface area contributed by atoms with Gasteiger partial charge in [0.2, 0.25) is 0 Å². The fourth-order valence-corrected chi connectivity index (χ4v) is 1.93. The van der Waals surface area contributed by atoms with Gasteiger partial charge in [0, 0.05) is 18.5 Å². The molecule has 3 nitrogen and oxygen atoms in total. The van der Waals surface area contributed by atoms with Gasteiger partial charge in [0.1, 0.15) is 11.6 Å². The van der Waals surface area contributed by atoms with E-state index < -0.39 is 11.6 Å². The minimum atomic E-state index is -0.476. The van der Waals surface area contributed by atoms with Crippen LogP contribution in [0.3, 0.4) is 0 Å². The fraction of sp³-hybridized carbons (Fsp3) is 0.231. The molecule has 0 unspecified atom stereocenters. The molecule has 19 heavy (non-hydrogen) atoms. The van der Waals surface area contributed by atoms with Crippen LogP contribution in [0.1, 0.15) is 17.1 Å². The number of nitrogens with zero attached hydrogens (tertiary/aromatic N) is 2. The Morgan fingerprint density at radius 1 is 1.26 bits per heavy atom. The van der Waals surface area contributed by atoms with Gasteiger partial charge in [-0.2, -0.15) is 0 Å². The third-order valence-electron chi connectivity index (χ3n) is 2.66. The van der Waals surface area contributed by atoms with Crippen LogP contribution < -0.4 is 5.32 Å². The highest BCUT2D eigenvalue weighted by atomic mass is 35.5. The fourth-order valence-electron chi connectivity index (χ4n) is 1.70. The minimum Gasteiger partial charge on any atom is -0.371 e. The highest BCUT2D eigenvalue weighted by molar-refractivity contribution is 6.31. The number of aryl methyl sites for hydroxylation is 1. The van der Waals surface area contributed by atoms with Crippen LogP contribution in [-0.4, -0.2) is 17.0 Å². The second-order valence-electron chi connectivity index (χ2n) is 4.05. The monoisotopic (exact) mass is 283 g/mol. The van der Waals surface area contributed by atoms with Crippen LogP contribution in [0.2, 0.25) is 5.02 Å². The third-order valence-corrected chi connectivity index (χ3v) is 3.02. The number of benzene rings is 1. The molecule has 0 aliphatic heterocycles. The average molecular weight is 284 g/mol. The molecular weight excluding hydrogens is 272 g/mol. The summed E-state index contributed by atoms with van der Waals surface area (Å²) < 4.78 is 26.5. The lowest BCUT2D eigenvalue weighted by Crippen LogP contribution is -2.06. The molecule has 0 aliphatic rings. The molecule has 1 N–H and O–H groups in total. The van der Waals surface area contributed by atoms with E-state index in [1.165, 1.54) is 12.1 Å². The van der Waals surface area contributed by atoms with Gasteiger partial charge in [-0.05, 0) is 24.6 Å². The maximum absolute atomic E-state index is 13.6. The first-order valence-corrected chi connectivity index (χ1v) is 6.03. The second kappa shape index (κ2) is 5.48. The normalized spacial score (nSPS) is 10.6. The van der Waals surface area contributed by atoms with E-state index in [4.69, 9.17) is 11.6 Å². The molecule has 0 saturated heterocycles. The summed E-state index contributed by atoms with van der Waals surface area (Å²) in [5.74, 6) is -0.310. The molecule has 1 aromatic carbocycles. The summed E-state index contributed by atoms with van der Waals surface area (Å²) in [6.07, 6.45) is 0.314. The van der Waals surface area contributed by atoms with Crippen molar-refractivity contribution in [3.63, 3.8) is 0 Å². The van der Waals surface area contributed by atoms with Crippen molar-refractivity contribution in [2.45, 2.75) is 13.3 Å². The van der Waals surface area contributed by atoms with Crippen LogP contribution in [0.5, 0.6) is 0 Å². The molecule has 0 fully saturated rings. The quantitative estimate of drug-likeness (QED) is 0.939. The molecule has 100 valence electrons. The molecule has 0 atom stereocenters. The van der Waals surface area contributed by atoms with Crippen molar-refractivity contribution in [1.82, 2.24) is 9.97 Å². The van der Waals surface area contributed by atoms with Crippen LogP contribution in [-0.2, 0) is 6.42 Å². The van der Waals surface area contributed by atoms with Crippen molar-refractivity contribution in [3.05, 3.63) is 51.9 Å². The van der Waals surface area contributed by atoms with Crippen molar-refractivity contribution >= 4 is 17.4 Å². The zero-order valence-electron chi connectivity index (χ0n) is 10.5. The summed E-state index contributed by atoms with van der Waals surface area (Å²) in [5, 5.41) is 2.97. The minimum absolute atomic E-state index is 0.140. The lowest BCUT2D eigenvalue weighted by atomic mass is 10.1. The van der Waals surface area contributed by atoms with Crippen molar-refractivity contribution < 1.29 is 8.78 Å². The predicted octanol–water partition coefficient (Wildman–Crippen LogP) is 3.35. The van der Waals surface area contributed by atoms with E-state index in [0.29, 0.717) is 22.8 Å². The molecule has 6 heteroatoms. The molecular formula is C13H12ClF2N3. The van der Waals surface area contributed by atoms with Crippen molar-refractivity contribution in [3.8, 4) is 0 Å². The summed E-state index contributed by atoms with van der Waals surface area (Å²) in [6, 6.07) is 4.11. The van der Waals surface area contributed by atoms with Gasteiger partial charge in [-0.3, -0.25) is 0 Å². The van der Waals surface area contributed by atoms with E-state index in [0.717, 1.165) is 0 Å². The van der Waals surface area contributed by atoms with Crippen LogP contribution in [0.4, 0.5) is 14.6 Å². The number of hydrogen-bond donors (Lipinski definition) is 1. The molecule has 0 amide bonds. The maximum Gasteiger partial charge on any atom is 0.186 e. The molecule has 0 radical (unpaired) electrons. The first-order valence-electron chi connectivity index (χ1n) is 5.66. The first-order chi connectivity index (χ1) is 9.01. The SMILES string of the molecule is CNc1nc(Cc2ccc(F)cc2Cl)nc(C)c1F. The Balaban J connectivity index is 2.35. The average Bonchev–Trinajstić information content (AvgIpc) is 2.37. The van der Waals surface area contributed by atoms with E-state index in [2.05, 4.69) is 15.3 Å². The molecule has 0 aliphatic carbocycles. The molecule has 1 aromatic heterocycles. The molecule has 1 heterocycles. The molecule has 0 saturated carbocycles. The van der Waals surface area contributed by atoms with Gasteiger partial charge in [-0.25, -0.2) is 18.7 Å². The number of nitrogens with one attached hydrogen (secondary N) is 1. The smallest absolute Gasteiger partial charge is 0.186 e. The lowest BCUT2D eigenvalue weighted by molar-refractivity contribution is 0.602. The highest BCUT2D eigenvalue weighted by Gasteiger charge is 2.12. The van der Waals surface area contributed by atoms with Crippen molar-refractivity contribution in [2.75, 3.05) is 12.4 Å². The number of rotatable bonds is 3. The zero-order valence-corrected chi connectivity index (χ0v) is 11.2. The van der Waals surface area contributed by atoms with Gasteiger partial charge in [0.25, 0.3) is 0 Å². The van der Waals surface area contributed by atoms with Crippen LogP contribution in [0, 0.1) is 18.6 Å². The van der Waals surface area contributed by atoms with E-state index in [1.807, 2.05) is 0 Å². The summed E-state index contributed by atoms with van der Waals surface area (Å²) >= 11 is 5.94. The van der Waals surface area contributed by atoms with Gasteiger partial charge < -0.3 is 5.32 Å². The van der Waals surface area contributed by atoms with Gasteiger partial charge >= 0.3 is 0 Å². The van der Waals surface area contributed by atoms with E-state index in [1.54, 1.807) is 20.0 Å². The maximum atomic E-state index is 13.6. The van der Waals surface area contributed by atoms with Crippen molar-refractivity contribution in [1.29, 1.82) is 0 Å².